The molecule has 0 unspecified atom stereocenters. The van der Waals surface area contributed by atoms with Gasteiger partial charge >= 0.3 is 6.09 Å². The van der Waals surface area contributed by atoms with E-state index in [4.69, 9.17) is 4.74 Å². The van der Waals surface area contributed by atoms with Gasteiger partial charge in [0.15, 0.2) is 0 Å². The molecule has 2 amide bonds. The zero-order chi connectivity index (χ0) is 27.8. The minimum absolute atomic E-state index is 0.0447. The molecule has 0 bridgehead atoms. The summed E-state index contributed by atoms with van der Waals surface area (Å²) < 4.78 is 20.8. The van der Waals surface area contributed by atoms with Gasteiger partial charge in [-0.05, 0) is 48.2 Å². The lowest BCUT2D eigenvalue weighted by Gasteiger charge is -2.36. The standard InChI is InChI=1S/C31H34FN3O4/c1-35(2)17-15-25(16-18-35)39-31(38)34-29-20-22(11-13-26(29)24-8-4-3-5-9-24)7-6-10-30(37)33-28-14-12-23(21-36)19-27(28)32/h3-5,8-9,11-14,19-21,25H,6-7,10,15-18H2,1-2H3,(H-,33,34,36,37,38)/p+1. The summed E-state index contributed by atoms with van der Waals surface area (Å²) >= 11 is 0. The Morgan fingerprint density at radius 1 is 0.974 bits per heavy atom. The van der Waals surface area contributed by atoms with Crippen molar-refractivity contribution in [3.8, 4) is 11.1 Å². The molecule has 0 aromatic heterocycles. The molecule has 1 aliphatic heterocycles. The summed E-state index contributed by atoms with van der Waals surface area (Å²) in [5.41, 5.74) is 3.71. The number of carbonyl (C=O) groups excluding carboxylic acids is 3. The van der Waals surface area contributed by atoms with Crippen LogP contribution < -0.4 is 10.6 Å². The number of nitrogens with zero attached hydrogens (tertiary/aromatic N) is 1. The molecule has 0 radical (unpaired) electrons. The van der Waals surface area contributed by atoms with Gasteiger partial charge in [0.05, 0.1) is 38.6 Å². The molecule has 1 heterocycles. The van der Waals surface area contributed by atoms with Crippen molar-refractivity contribution in [1.29, 1.82) is 0 Å². The van der Waals surface area contributed by atoms with Gasteiger partial charge in [0.2, 0.25) is 5.91 Å². The first-order valence-electron chi connectivity index (χ1n) is 13.2. The van der Waals surface area contributed by atoms with Crippen LogP contribution >= 0.6 is 0 Å². The Labute approximate surface area is 228 Å². The van der Waals surface area contributed by atoms with Crippen molar-refractivity contribution >= 4 is 29.7 Å². The van der Waals surface area contributed by atoms with Crippen LogP contribution in [0.5, 0.6) is 0 Å². The summed E-state index contributed by atoms with van der Waals surface area (Å²) in [7, 11) is 4.36. The second-order valence-electron chi connectivity index (χ2n) is 10.6. The number of benzene rings is 3. The van der Waals surface area contributed by atoms with E-state index < -0.39 is 11.9 Å². The molecule has 7 nitrogen and oxygen atoms in total. The Balaban J connectivity index is 1.39. The van der Waals surface area contributed by atoms with Crippen LogP contribution in [0.25, 0.3) is 11.1 Å². The number of aryl methyl sites for hydroxylation is 1. The van der Waals surface area contributed by atoms with Crippen molar-refractivity contribution < 1.29 is 28.0 Å². The second kappa shape index (κ2) is 12.7. The number of hydrogen-bond donors (Lipinski definition) is 2. The zero-order valence-electron chi connectivity index (χ0n) is 22.4. The first-order valence-corrected chi connectivity index (χ1v) is 13.2. The van der Waals surface area contributed by atoms with E-state index in [0.717, 1.165) is 53.2 Å². The fourth-order valence-electron chi connectivity index (χ4n) is 4.74. The fraction of sp³-hybridized carbons (Fsp3) is 0.323. The van der Waals surface area contributed by atoms with Crippen LogP contribution in [0, 0.1) is 5.82 Å². The first-order chi connectivity index (χ1) is 18.7. The van der Waals surface area contributed by atoms with Crippen molar-refractivity contribution in [2.24, 2.45) is 0 Å². The molecule has 3 aromatic rings. The van der Waals surface area contributed by atoms with Crippen molar-refractivity contribution in [3.63, 3.8) is 0 Å². The van der Waals surface area contributed by atoms with E-state index in [9.17, 15) is 18.8 Å². The summed E-state index contributed by atoms with van der Waals surface area (Å²) in [5, 5.41) is 5.51. The van der Waals surface area contributed by atoms with Gasteiger partial charge in [-0.15, -0.1) is 0 Å². The number of hydrogen-bond acceptors (Lipinski definition) is 4. The smallest absolute Gasteiger partial charge is 0.411 e. The van der Waals surface area contributed by atoms with Crippen LogP contribution in [0.1, 0.15) is 41.6 Å². The second-order valence-corrected chi connectivity index (χ2v) is 10.6. The molecule has 0 aliphatic carbocycles. The number of amides is 2. The van der Waals surface area contributed by atoms with Crippen LogP contribution in [0.3, 0.4) is 0 Å². The molecule has 8 heteroatoms. The van der Waals surface area contributed by atoms with Gasteiger partial charge in [-0.1, -0.05) is 42.5 Å². The van der Waals surface area contributed by atoms with Crippen LogP contribution in [0.15, 0.2) is 66.7 Å². The van der Waals surface area contributed by atoms with Gasteiger partial charge in [0, 0.05) is 30.4 Å². The third-order valence-electron chi connectivity index (χ3n) is 7.06. The van der Waals surface area contributed by atoms with Crippen molar-refractivity contribution in [2.45, 2.75) is 38.2 Å². The minimum Gasteiger partial charge on any atom is -0.446 e. The van der Waals surface area contributed by atoms with Gasteiger partial charge in [0.25, 0.3) is 0 Å². The lowest BCUT2D eigenvalue weighted by molar-refractivity contribution is -0.896. The lowest BCUT2D eigenvalue weighted by atomic mass is 9.99. The third kappa shape index (κ3) is 7.97. The highest BCUT2D eigenvalue weighted by molar-refractivity contribution is 5.92. The van der Waals surface area contributed by atoms with E-state index in [-0.39, 0.29) is 29.7 Å². The molecule has 0 atom stereocenters. The SMILES string of the molecule is C[N+]1(C)CCC(OC(=O)Nc2cc(CCCC(=O)Nc3ccc(C=O)cc3F)ccc2-c2ccccc2)CC1. The van der Waals surface area contributed by atoms with Crippen molar-refractivity contribution in [1.82, 2.24) is 0 Å². The van der Waals surface area contributed by atoms with Crippen LogP contribution in [0.4, 0.5) is 20.6 Å². The Kier molecular flexibility index (Phi) is 9.09. The van der Waals surface area contributed by atoms with Crippen molar-refractivity contribution in [3.05, 3.63) is 83.7 Å². The molecule has 0 spiro atoms. The summed E-state index contributed by atoms with van der Waals surface area (Å²) in [5.74, 6) is -0.965. The maximum absolute atomic E-state index is 14.1. The van der Waals surface area contributed by atoms with Crippen LogP contribution in [0.2, 0.25) is 0 Å². The Morgan fingerprint density at radius 2 is 1.72 bits per heavy atom. The fourth-order valence-corrected chi connectivity index (χ4v) is 4.74. The summed E-state index contributed by atoms with van der Waals surface area (Å²) in [6.45, 7) is 1.93. The average molecular weight is 533 g/mol. The number of aldehydes is 1. The highest BCUT2D eigenvalue weighted by atomic mass is 19.1. The summed E-state index contributed by atoms with van der Waals surface area (Å²) in [6.07, 6.45) is 2.96. The largest absolute Gasteiger partial charge is 0.446 e. The minimum atomic E-state index is -0.650. The van der Waals surface area contributed by atoms with Crippen LogP contribution in [-0.4, -0.2) is 56.1 Å². The maximum atomic E-state index is 14.1. The van der Waals surface area contributed by atoms with Gasteiger partial charge in [0.1, 0.15) is 18.2 Å². The number of quaternary nitrogens is 1. The Bertz CT molecular complexity index is 1320. The molecule has 1 aliphatic rings. The molecule has 1 fully saturated rings. The number of rotatable bonds is 9. The van der Waals surface area contributed by atoms with Gasteiger partial charge in [-0.3, -0.25) is 14.9 Å². The predicted molar refractivity (Wildman–Crippen MR) is 150 cm³/mol. The molecular weight excluding hydrogens is 497 g/mol. The normalized spacial score (nSPS) is 14.8. The maximum Gasteiger partial charge on any atom is 0.411 e. The quantitative estimate of drug-likeness (QED) is 0.259. The first kappa shape index (κ1) is 28.0. The van der Waals surface area contributed by atoms with E-state index >= 15 is 0 Å². The number of piperidine rings is 1. The average Bonchev–Trinajstić information content (AvgIpc) is 2.91. The summed E-state index contributed by atoms with van der Waals surface area (Å²) in [6, 6.07) is 19.6. The molecule has 0 saturated carbocycles. The molecule has 2 N–H and O–H groups in total. The Hall–Kier alpha value is -4.04. The molecular formula is C31H35FN3O4+. The molecule has 3 aromatic carbocycles. The number of nitrogens with one attached hydrogen (secondary N) is 2. The number of likely N-dealkylation sites (tertiary alicyclic amines) is 1. The van der Waals surface area contributed by atoms with Gasteiger partial charge in [-0.2, -0.15) is 0 Å². The van der Waals surface area contributed by atoms with E-state index in [0.29, 0.717) is 24.8 Å². The third-order valence-corrected chi connectivity index (χ3v) is 7.06. The number of anilines is 2. The highest BCUT2D eigenvalue weighted by Crippen LogP contribution is 2.30. The molecule has 39 heavy (non-hydrogen) atoms. The topological polar surface area (TPSA) is 84.5 Å². The van der Waals surface area contributed by atoms with Gasteiger partial charge < -0.3 is 14.5 Å². The monoisotopic (exact) mass is 532 g/mol. The van der Waals surface area contributed by atoms with Gasteiger partial charge in [-0.25, -0.2) is 9.18 Å². The van der Waals surface area contributed by atoms with E-state index in [1.54, 1.807) is 0 Å². The van der Waals surface area contributed by atoms with E-state index in [2.05, 4.69) is 24.7 Å². The highest BCUT2D eigenvalue weighted by Gasteiger charge is 2.28. The Morgan fingerprint density at radius 3 is 2.41 bits per heavy atom. The lowest BCUT2D eigenvalue weighted by Crippen LogP contribution is -2.48. The zero-order valence-corrected chi connectivity index (χ0v) is 22.4. The number of halogens is 1. The van der Waals surface area contributed by atoms with Crippen LogP contribution in [-0.2, 0) is 16.0 Å². The molecule has 4 rings (SSSR count). The predicted octanol–water partition coefficient (Wildman–Crippen LogP) is 6.05. The molecule has 204 valence electrons. The summed E-state index contributed by atoms with van der Waals surface area (Å²) in [4.78, 5) is 36.0. The number of carbonyl (C=O) groups is 3. The van der Waals surface area contributed by atoms with E-state index in [1.807, 2.05) is 48.5 Å². The van der Waals surface area contributed by atoms with E-state index in [1.165, 1.54) is 12.1 Å². The molecule has 1 saturated heterocycles. The number of ether oxygens (including phenoxy) is 1. The van der Waals surface area contributed by atoms with Crippen molar-refractivity contribution in [2.75, 3.05) is 37.8 Å².